The molecule has 0 aliphatic carbocycles. The molecule has 3 aromatic rings. The SMILES string of the molecule is COc1ccc(C=O)cc1Cn1ccc2ccc(Cl)cc21. The first-order valence-corrected chi connectivity index (χ1v) is 6.95. The third-order valence-electron chi connectivity index (χ3n) is 3.52. The summed E-state index contributed by atoms with van der Waals surface area (Å²) in [5, 5.41) is 1.83. The molecular weight excluding hydrogens is 286 g/mol. The van der Waals surface area contributed by atoms with Crippen molar-refractivity contribution in [2.45, 2.75) is 6.54 Å². The molecule has 0 bridgehead atoms. The van der Waals surface area contributed by atoms with Crippen LogP contribution in [0.25, 0.3) is 10.9 Å². The van der Waals surface area contributed by atoms with Crippen LogP contribution in [0.15, 0.2) is 48.7 Å². The van der Waals surface area contributed by atoms with Crippen LogP contribution in [0.2, 0.25) is 5.02 Å². The van der Waals surface area contributed by atoms with E-state index in [9.17, 15) is 4.79 Å². The van der Waals surface area contributed by atoms with Crippen molar-refractivity contribution in [3.05, 3.63) is 64.8 Å². The Bertz CT molecular complexity index is 808. The molecule has 0 aliphatic rings. The molecule has 0 aliphatic heterocycles. The molecule has 0 atom stereocenters. The highest BCUT2D eigenvalue weighted by atomic mass is 35.5. The van der Waals surface area contributed by atoms with Gasteiger partial charge >= 0.3 is 0 Å². The fraction of sp³-hybridized carbons (Fsp3) is 0.118. The number of aromatic nitrogens is 1. The summed E-state index contributed by atoms with van der Waals surface area (Å²) >= 11 is 6.07. The largest absolute Gasteiger partial charge is 0.496 e. The molecule has 0 saturated heterocycles. The van der Waals surface area contributed by atoms with Gasteiger partial charge in [0.1, 0.15) is 12.0 Å². The van der Waals surface area contributed by atoms with E-state index < -0.39 is 0 Å². The van der Waals surface area contributed by atoms with Gasteiger partial charge in [0, 0.05) is 27.9 Å². The van der Waals surface area contributed by atoms with E-state index in [-0.39, 0.29) is 0 Å². The topological polar surface area (TPSA) is 31.2 Å². The third-order valence-corrected chi connectivity index (χ3v) is 3.75. The lowest BCUT2D eigenvalue weighted by Gasteiger charge is -2.11. The highest BCUT2D eigenvalue weighted by Crippen LogP contribution is 2.25. The second-order valence-electron chi connectivity index (χ2n) is 4.84. The number of halogens is 1. The number of hydrogen-bond acceptors (Lipinski definition) is 2. The van der Waals surface area contributed by atoms with Gasteiger partial charge in [-0.1, -0.05) is 17.7 Å². The van der Waals surface area contributed by atoms with E-state index >= 15 is 0 Å². The number of carbonyl (C=O) groups excluding carboxylic acids is 1. The normalized spacial score (nSPS) is 10.8. The zero-order valence-corrected chi connectivity index (χ0v) is 12.3. The zero-order chi connectivity index (χ0) is 14.8. The Morgan fingerprint density at radius 2 is 2.05 bits per heavy atom. The Balaban J connectivity index is 2.05. The zero-order valence-electron chi connectivity index (χ0n) is 11.5. The number of nitrogens with zero attached hydrogens (tertiary/aromatic N) is 1. The number of aldehydes is 1. The van der Waals surface area contributed by atoms with Crippen molar-refractivity contribution in [2.24, 2.45) is 0 Å². The molecule has 106 valence electrons. The smallest absolute Gasteiger partial charge is 0.150 e. The van der Waals surface area contributed by atoms with Gasteiger partial charge < -0.3 is 9.30 Å². The van der Waals surface area contributed by atoms with Gasteiger partial charge in [-0.3, -0.25) is 4.79 Å². The van der Waals surface area contributed by atoms with E-state index in [1.165, 1.54) is 0 Å². The van der Waals surface area contributed by atoms with Crippen molar-refractivity contribution in [3.8, 4) is 5.75 Å². The lowest BCUT2D eigenvalue weighted by atomic mass is 10.1. The maximum absolute atomic E-state index is 11.0. The van der Waals surface area contributed by atoms with E-state index in [2.05, 4.69) is 4.57 Å². The Hall–Kier alpha value is -2.26. The van der Waals surface area contributed by atoms with Gasteiger partial charge in [0.25, 0.3) is 0 Å². The Kier molecular flexibility index (Phi) is 3.67. The Morgan fingerprint density at radius 1 is 1.19 bits per heavy atom. The van der Waals surface area contributed by atoms with E-state index in [4.69, 9.17) is 16.3 Å². The van der Waals surface area contributed by atoms with E-state index in [1.807, 2.05) is 42.6 Å². The molecule has 0 amide bonds. The van der Waals surface area contributed by atoms with Crippen LogP contribution in [0.3, 0.4) is 0 Å². The predicted octanol–water partition coefficient (Wildman–Crippen LogP) is 4.16. The van der Waals surface area contributed by atoms with Gasteiger partial charge in [0.2, 0.25) is 0 Å². The Labute approximate surface area is 127 Å². The fourth-order valence-electron chi connectivity index (χ4n) is 2.47. The summed E-state index contributed by atoms with van der Waals surface area (Å²) in [6, 6.07) is 13.3. The molecule has 4 heteroatoms. The molecule has 3 nitrogen and oxygen atoms in total. The molecule has 0 N–H and O–H groups in total. The van der Waals surface area contributed by atoms with Crippen LogP contribution >= 0.6 is 11.6 Å². The van der Waals surface area contributed by atoms with Gasteiger partial charge in [-0.15, -0.1) is 0 Å². The van der Waals surface area contributed by atoms with E-state index in [1.54, 1.807) is 13.2 Å². The van der Waals surface area contributed by atoms with Crippen molar-refractivity contribution in [2.75, 3.05) is 7.11 Å². The van der Waals surface area contributed by atoms with Crippen molar-refractivity contribution in [1.82, 2.24) is 4.57 Å². The predicted molar refractivity (Wildman–Crippen MR) is 84.4 cm³/mol. The molecule has 0 unspecified atom stereocenters. The summed E-state index contributed by atoms with van der Waals surface area (Å²) in [7, 11) is 1.63. The highest BCUT2D eigenvalue weighted by molar-refractivity contribution is 6.31. The molecule has 1 aromatic heterocycles. The first-order valence-electron chi connectivity index (χ1n) is 6.58. The van der Waals surface area contributed by atoms with Crippen LogP contribution in [0.1, 0.15) is 15.9 Å². The molecule has 21 heavy (non-hydrogen) atoms. The lowest BCUT2D eigenvalue weighted by molar-refractivity contribution is 0.112. The first-order chi connectivity index (χ1) is 10.2. The van der Waals surface area contributed by atoms with Gasteiger partial charge in [-0.05, 0) is 41.8 Å². The van der Waals surface area contributed by atoms with Crippen LogP contribution < -0.4 is 4.74 Å². The van der Waals surface area contributed by atoms with Gasteiger partial charge in [0.15, 0.2) is 0 Å². The molecule has 0 fully saturated rings. The molecule has 3 rings (SSSR count). The number of methoxy groups -OCH3 is 1. The minimum absolute atomic E-state index is 0.620. The van der Waals surface area contributed by atoms with Crippen molar-refractivity contribution < 1.29 is 9.53 Å². The number of rotatable bonds is 4. The van der Waals surface area contributed by atoms with Crippen LogP contribution in [0.4, 0.5) is 0 Å². The second kappa shape index (κ2) is 5.62. The number of ether oxygens (including phenoxy) is 1. The van der Waals surface area contributed by atoms with Crippen molar-refractivity contribution in [1.29, 1.82) is 0 Å². The summed E-state index contributed by atoms with van der Waals surface area (Å²) in [5.41, 5.74) is 2.65. The average Bonchev–Trinajstić information content (AvgIpc) is 2.89. The van der Waals surface area contributed by atoms with E-state index in [0.29, 0.717) is 17.1 Å². The maximum atomic E-state index is 11.0. The summed E-state index contributed by atoms with van der Waals surface area (Å²) in [5.74, 6) is 0.768. The fourth-order valence-corrected chi connectivity index (χ4v) is 2.64. The molecule has 2 aromatic carbocycles. The van der Waals surface area contributed by atoms with Crippen molar-refractivity contribution in [3.63, 3.8) is 0 Å². The summed E-state index contributed by atoms with van der Waals surface area (Å²) in [4.78, 5) is 11.0. The number of fused-ring (bicyclic) bond motifs is 1. The molecule has 1 heterocycles. The number of hydrogen-bond donors (Lipinski definition) is 0. The standard InChI is InChI=1S/C17H14ClNO2/c1-21-17-5-2-12(11-20)8-14(17)10-19-7-6-13-3-4-15(18)9-16(13)19/h2-9,11H,10H2,1H3. The minimum Gasteiger partial charge on any atom is -0.496 e. The summed E-state index contributed by atoms with van der Waals surface area (Å²) in [6.45, 7) is 0.620. The highest BCUT2D eigenvalue weighted by Gasteiger charge is 2.08. The van der Waals surface area contributed by atoms with Crippen LogP contribution in [0.5, 0.6) is 5.75 Å². The molecule has 0 radical (unpaired) electrons. The third kappa shape index (κ3) is 2.65. The maximum Gasteiger partial charge on any atom is 0.150 e. The van der Waals surface area contributed by atoms with Gasteiger partial charge in [-0.25, -0.2) is 0 Å². The van der Waals surface area contributed by atoms with Crippen molar-refractivity contribution >= 4 is 28.8 Å². The minimum atomic E-state index is 0.620. The molecule has 0 saturated carbocycles. The van der Waals surface area contributed by atoms with E-state index in [0.717, 1.165) is 28.5 Å². The lowest BCUT2D eigenvalue weighted by Crippen LogP contribution is -2.01. The van der Waals surface area contributed by atoms with Crippen LogP contribution in [-0.4, -0.2) is 18.0 Å². The molecule has 0 spiro atoms. The first kappa shape index (κ1) is 13.7. The second-order valence-corrected chi connectivity index (χ2v) is 5.27. The summed E-state index contributed by atoms with van der Waals surface area (Å²) in [6.07, 6.45) is 2.85. The Morgan fingerprint density at radius 3 is 2.81 bits per heavy atom. The van der Waals surface area contributed by atoms with Crippen LogP contribution in [0, 0.1) is 0 Å². The van der Waals surface area contributed by atoms with Crippen LogP contribution in [-0.2, 0) is 6.54 Å². The van der Waals surface area contributed by atoms with Gasteiger partial charge in [0.05, 0.1) is 13.7 Å². The number of benzene rings is 2. The average molecular weight is 300 g/mol. The quantitative estimate of drug-likeness (QED) is 0.677. The number of carbonyl (C=O) groups is 1. The monoisotopic (exact) mass is 299 g/mol. The molecular formula is C17H14ClNO2. The summed E-state index contributed by atoms with van der Waals surface area (Å²) < 4.78 is 7.46. The van der Waals surface area contributed by atoms with Gasteiger partial charge in [-0.2, -0.15) is 0 Å².